The number of amides is 1. The molecule has 0 unspecified atom stereocenters. The van der Waals surface area contributed by atoms with Crippen LogP contribution in [0.4, 0.5) is 0 Å². The molecule has 1 amide bonds. The van der Waals surface area contributed by atoms with Crippen molar-refractivity contribution in [2.75, 3.05) is 24.6 Å². The number of thioether (sulfide) groups is 1. The minimum atomic E-state index is -0.793. The van der Waals surface area contributed by atoms with Gasteiger partial charge >= 0.3 is 0 Å². The number of rotatable bonds is 5. The quantitative estimate of drug-likeness (QED) is 0.773. The van der Waals surface area contributed by atoms with Crippen molar-refractivity contribution in [3.8, 4) is 0 Å². The van der Waals surface area contributed by atoms with Crippen LogP contribution in [0, 0.1) is 0 Å². The first-order valence-electron chi connectivity index (χ1n) is 6.42. The lowest BCUT2D eigenvalue weighted by molar-refractivity contribution is -0.127. The Morgan fingerprint density at radius 3 is 2.47 bits per heavy atom. The van der Waals surface area contributed by atoms with E-state index in [1.807, 2.05) is 18.2 Å². The number of aliphatic hydroxyl groups is 2. The van der Waals surface area contributed by atoms with Crippen LogP contribution in [0.25, 0.3) is 0 Å². The number of hydrogen-bond acceptors (Lipinski definition) is 4. The average molecular weight is 281 g/mol. The topological polar surface area (TPSA) is 60.8 Å². The second-order valence-electron chi connectivity index (χ2n) is 4.72. The Labute approximate surface area is 117 Å². The third-order valence-corrected chi connectivity index (χ3v) is 4.16. The molecule has 1 aromatic carbocycles. The van der Waals surface area contributed by atoms with Gasteiger partial charge in [0, 0.05) is 13.1 Å². The molecule has 104 valence electrons. The van der Waals surface area contributed by atoms with Gasteiger partial charge in [-0.15, -0.1) is 0 Å². The van der Waals surface area contributed by atoms with Crippen molar-refractivity contribution in [3.05, 3.63) is 35.9 Å². The molecule has 1 saturated heterocycles. The summed E-state index contributed by atoms with van der Waals surface area (Å²) in [5.41, 5.74) is 1.27. The highest BCUT2D eigenvalue weighted by Crippen LogP contribution is 2.13. The maximum atomic E-state index is 11.8. The number of β-amino-alcohol motifs (C(OH)–C–C–N with tert-alkyl or cyclic N) is 2. The summed E-state index contributed by atoms with van der Waals surface area (Å²) in [4.78, 5) is 13.4. The highest BCUT2D eigenvalue weighted by atomic mass is 32.2. The third kappa shape index (κ3) is 4.23. The molecule has 4 nitrogen and oxygen atoms in total. The van der Waals surface area contributed by atoms with E-state index in [1.54, 1.807) is 11.8 Å². The van der Waals surface area contributed by atoms with E-state index in [1.165, 1.54) is 10.5 Å². The number of hydrogen-bond donors (Lipinski definition) is 2. The number of carbonyl (C=O) groups excluding carboxylic acids is 1. The van der Waals surface area contributed by atoms with E-state index < -0.39 is 12.2 Å². The molecule has 0 aromatic heterocycles. The van der Waals surface area contributed by atoms with Gasteiger partial charge in [-0.05, 0) is 17.7 Å². The molecule has 0 spiro atoms. The lowest BCUT2D eigenvalue weighted by atomic mass is 10.2. The zero-order chi connectivity index (χ0) is 13.7. The average Bonchev–Trinajstić information content (AvgIpc) is 2.76. The standard InChI is InChI=1S/C14H19NO3S/c16-12-8-15(9-13(12)17)14(18)10-19-7-6-11-4-2-1-3-5-11/h1-5,12-13,16-17H,6-10H2/t12-,13+. The van der Waals surface area contributed by atoms with E-state index in [0.29, 0.717) is 5.75 Å². The van der Waals surface area contributed by atoms with E-state index in [0.717, 1.165) is 12.2 Å². The molecular formula is C14H19NO3S. The van der Waals surface area contributed by atoms with Gasteiger partial charge < -0.3 is 15.1 Å². The predicted molar refractivity (Wildman–Crippen MR) is 76.1 cm³/mol. The number of likely N-dealkylation sites (tertiary alicyclic amines) is 1. The summed E-state index contributed by atoms with van der Waals surface area (Å²) in [6, 6.07) is 10.2. The van der Waals surface area contributed by atoms with E-state index >= 15 is 0 Å². The third-order valence-electron chi connectivity index (χ3n) is 3.22. The fourth-order valence-electron chi connectivity index (χ4n) is 2.06. The molecule has 1 heterocycles. The fourth-order valence-corrected chi connectivity index (χ4v) is 2.94. The molecule has 2 atom stereocenters. The van der Waals surface area contributed by atoms with E-state index in [2.05, 4.69) is 12.1 Å². The Morgan fingerprint density at radius 2 is 1.84 bits per heavy atom. The molecular weight excluding hydrogens is 262 g/mol. The lowest BCUT2D eigenvalue weighted by Gasteiger charge is -2.14. The van der Waals surface area contributed by atoms with Crippen molar-refractivity contribution in [1.29, 1.82) is 0 Å². The smallest absolute Gasteiger partial charge is 0.232 e. The van der Waals surface area contributed by atoms with Crippen LogP contribution >= 0.6 is 11.8 Å². The molecule has 19 heavy (non-hydrogen) atoms. The summed E-state index contributed by atoms with van der Waals surface area (Å²) < 4.78 is 0. The second kappa shape index (κ2) is 6.93. The van der Waals surface area contributed by atoms with Gasteiger partial charge in [0.25, 0.3) is 0 Å². The summed E-state index contributed by atoms with van der Waals surface area (Å²) in [6.07, 6.45) is -0.638. The number of aliphatic hydroxyl groups excluding tert-OH is 2. The van der Waals surface area contributed by atoms with Crippen molar-refractivity contribution in [2.45, 2.75) is 18.6 Å². The summed E-state index contributed by atoms with van der Waals surface area (Å²) in [5.74, 6) is 1.30. The summed E-state index contributed by atoms with van der Waals surface area (Å²) in [5, 5.41) is 18.8. The molecule has 1 aliphatic rings. The van der Waals surface area contributed by atoms with Crippen LogP contribution in [0.2, 0.25) is 0 Å². The monoisotopic (exact) mass is 281 g/mol. The van der Waals surface area contributed by atoms with Crippen LogP contribution in [0.15, 0.2) is 30.3 Å². The highest BCUT2D eigenvalue weighted by Gasteiger charge is 2.32. The number of aryl methyl sites for hydroxylation is 1. The largest absolute Gasteiger partial charge is 0.388 e. The molecule has 1 aromatic rings. The highest BCUT2D eigenvalue weighted by molar-refractivity contribution is 7.99. The van der Waals surface area contributed by atoms with Gasteiger partial charge in [0.1, 0.15) is 0 Å². The number of carbonyl (C=O) groups is 1. The summed E-state index contributed by atoms with van der Waals surface area (Å²) in [7, 11) is 0. The SMILES string of the molecule is O=C(CSCCc1ccccc1)N1C[C@@H](O)[C@@H](O)C1. The molecule has 5 heteroatoms. The van der Waals surface area contributed by atoms with Gasteiger partial charge in [0.05, 0.1) is 18.0 Å². The lowest BCUT2D eigenvalue weighted by Crippen LogP contribution is -2.31. The van der Waals surface area contributed by atoms with Crippen molar-refractivity contribution < 1.29 is 15.0 Å². The minimum absolute atomic E-state index is 0.00587. The van der Waals surface area contributed by atoms with Gasteiger partial charge in [-0.2, -0.15) is 11.8 Å². The molecule has 0 radical (unpaired) electrons. The van der Waals surface area contributed by atoms with Crippen molar-refractivity contribution in [3.63, 3.8) is 0 Å². The first kappa shape index (κ1) is 14.4. The Balaban J connectivity index is 1.65. The van der Waals surface area contributed by atoms with Crippen molar-refractivity contribution in [1.82, 2.24) is 4.90 Å². The zero-order valence-corrected chi connectivity index (χ0v) is 11.6. The summed E-state index contributed by atoms with van der Waals surface area (Å²) in [6.45, 7) is 0.499. The van der Waals surface area contributed by atoms with Crippen LogP contribution < -0.4 is 0 Å². The van der Waals surface area contributed by atoms with E-state index in [4.69, 9.17) is 0 Å². The van der Waals surface area contributed by atoms with Gasteiger partial charge in [0.2, 0.25) is 5.91 Å². The second-order valence-corrected chi connectivity index (χ2v) is 5.83. The molecule has 1 fully saturated rings. The minimum Gasteiger partial charge on any atom is -0.388 e. The molecule has 0 aliphatic carbocycles. The first-order valence-corrected chi connectivity index (χ1v) is 7.58. The maximum Gasteiger partial charge on any atom is 0.232 e. The van der Waals surface area contributed by atoms with Gasteiger partial charge in [-0.3, -0.25) is 4.79 Å². The van der Waals surface area contributed by atoms with Gasteiger partial charge in [-0.25, -0.2) is 0 Å². The number of nitrogens with zero attached hydrogens (tertiary/aromatic N) is 1. The van der Waals surface area contributed by atoms with Crippen LogP contribution in [-0.2, 0) is 11.2 Å². The Morgan fingerprint density at radius 1 is 1.21 bits per heavy atom. The van der Waals surface area contributed by atoms with Crippen LogP contribution in [0.5, 0.6) is 0 Å². The molecule has 1 aliphatic heterocycles. The number of benzene rings is 1. The van der Waals surface area contributed by atoms with Crippen LogP contribution in [-0.4, -0.2) is 57.8 Å². The fraction of sp³-hybridized carbons (Fsp3) is 0.500. The Bertz CT molecular complexity index is 402. The van der Waals surface area contributed by atoms with Gasteiger partial charge in [0.15, 0.2) is 0 Å². The molecule has 0 saturated carbocycles. The maximum absolute atomic E-state index is 11.8. The normalized spacial score (nSPS) is 22.7. The van der Waals surface area contributed by atoms with Gasteiger partial charge in [-0.1, -0.05) is 30.3 Å². The molecule has 0 bridgehead atoms. The van der Waals surface area contributed by atoms with E-state index in [-0.39, 0.29) is 19.0 Å². The van der Waals surface area contributed by atoms with Crippen molar-refractivity contribution in [2.24, 2.45) is 0 Å². The first-order chi connectivity index (χ1) is 9.16. The molecule has 2 N–H and O–H groups in total. The predicted octanol–water partition coefficient (Wildman–Crippen LogP) is 0.526. The van der Waals surface area contributed by atoms with Crippen LogP contribution in [0.3, 0.4) is 0 Å². The van der Waals surface area contributed by atoms with E-state index in [9.17, 15) is 15.0 Å². The Hall–Kier alpha value is -1.04. The van der Waals surface area contributed by atoms with Crippen molar-refractivity contribution >= 4 is 17.7 Å². The molecule has 2 rings (SSSR count). The van der Waals surface area contributed by atoms with Crippen LogP contribution in [0.1, 0.15) is 5.56 Å². The summed E-state index contributed by atoms with van der Waals surface area (Å²) >= 11 is 1.59. The Kier molecular flexibility index (Phi) is 5.24. The zero-order valence-electron chi connectivity index (χ0n) is 10.7.